The van der Waals surface area contributed by atoms with E-state index in [4.69, 9.17) is 9.47 Å². The number of rotatable bonds is 7. The number of hydrogen-bond donors (Lipinski definition) is 1. The minimum Gasteiger partial charge on any atom is -0.497 e. The first-order valence-corrected chi connectivity index (χ1v) is 10.0. The van der Waals surface area contributed by atoms with Crippen molar-refractivity contribution in [1.29, 1.82) is 0 Å². The number of aryl methyl sites for hydroxylation is 1. The Balaban J connectivity index is 1.28. The highest BCUT2D eigenvalue weighted by Crippen LogP contribution is 2.27. The summed E-state index contributed by atoms with van der Waals surface area (Å²) >= 11 is 0. The lowest BCUT2D eigenvalue weighted by Gasteiger charge is -2.15. The number of methoxy groups -OCH3 is 1. The van der Waals surface area contributed by atoms with E-state index in [0.717, 1.165) is 41.4 Å². The summed E-state index contributed by atoms with van der Waals surface area (Å²) in [5.74, 6) is 1.76. The minimum absolute atomic E-state index is 0.0753. The molecule has 0 saturated carbocycles. The quantitative estimate of drug-likeness (QED) is 0.647. The maximum absolute atomic E-state index is 12.6. The van der Waals surface area contributed by atoms with Crippen molar-refractivity contribution in [3.05, 3.63) is 65.5 Å². The van der Waals surface area contributed by atoms with Gasteiger partial charge >= 0.3 is 0 Å². The molecule has 0 bridgehead atoms. The summed E-state index contributed by atoms with van der Waals surface area (Å²) in [5, 5.41) is 7.55. The molecule has 156 valence electrons. The van der Waals surface area contributed by atoms with Gasteiger partial charge in [-0.15, -0.1) is 0 Å². The molecule has 1 saturated heterocycles. The van der Waals surface area contributed by atoms with Gasteiger partial charge in [0, 0.05) is 37.3 Å². The van der Waals surface area contributed by atoms with Crippen molar-refractivity contribution in [2.75, 3.05) is 26.8 Å². The number of nitrogens with zero attached hydrogens (tertiary/aromatic N) is 4. The van der Waals surface area contributed by atoms with Crippen LogP contribution in [0.2, 0.25) is 0 Å². The highest BCUT2D eigenvalue weighted by atomic mass is 16.5. The lowest BCUT2D eigenvalue weighted by molar-refractivity contribution is 0.0784. The van der Waals surface area contributed by atoms with Gasteiger partial charge in [-0.2, -0.15) is 5.10 Å². The van der Waals surface area contributed by atoms with Gasteiger partial charge in [-0.1, -0.05) is 0 Å². The first-order chi connectivity index (χ1) is 14.6. The molecule has 0 spiro atoms. The van der Waals surface area contributed by atoms with E-state index in [9.17, 15) is 4.79 Å². The summed E-state index contributed by atoms with van der Waals surface area (Å²) in [6, 6.07) is 9.60. The number of H-pyrrole nitrogens is 1. The SMILES string of the molecule is COc1ccc(OCCc2cc(C3CCN(C(=O)c4cnc(C)cn4)C3)n[nH]2)cc1. The fourth-order valence-corrected chi connectivity index (χ4v) is 3.52. The number of nitrogens with one attached hydrogen (secondary N) is 1. The Morgan fingerprint density at radius 1 is 1.20 bits per heavy atom. The van der Waals surface area contributed by atoms with Crippen LogP contribution in [-0.4, -0.2) is 57.8 Å². The van der Waals surface area contributed by atoms with Crippen molar-refractivity contribution in [3.8, 4) is 11.5 Å². The highest BCUT2D eigenvalue weighted by molar-refractivity contribution is 5.92. The van der Waals surface area contributed by atoms with Crippen molar-refractivity contribution >= 4 is 5.91 Å². The predicted octanol–water partition coefficient (Wildman–Crippen LogP) is 2.77. The van der Waals surface area contributed by atoms with Crippen LogP contribution in [0.25, 0.3) is 0 Å². The van der Waals surface area contributed by atoms with Crippen LogP contribution in [0.5, 0.6) is 11.5 Å². The Bertz CT molecular complexity index is 985. The molecule has 1 amide bonds. The molecule has 30 heavy (non-hydrogen) atoms. The first-order valence-electron chi connectivity index (χ1n) is 10.0. The van der Waals surface area contributed by atoms with Gasteiger partial charge in [0.25, 0.3) is 5.91 Å². The molecule has 1 aliphatic rings. The minimum atomic E-state index is -0.0753. The first kappa shape index (κ1) is 19.9. The number of likely N-dealkylation sites (tertiary alicyclic amines) is 1. The average Bonchev–Trinajstić information content (AvgIpc) is 3.44. The molecule has 8 heteroatoms. The molecule has 8 nitrogen and oxygen atoms in total. The van der Waals surface area contributed by atoms with Crippen LogP contribution in [0.1, 0.15) is 39.9 Å². The summed E-state index contributed by atoms with van der Waals surface area (Å²) in [4.78, 5) is 22.8. The number of amides is 1. The number of benzene rings is 1. The molecule has 3 aromatic rings. The van der Waals surface area contributed by atoms with Crippen molar-refractivity contribution < 1.29 is 14.3 Å². The van der Waals surface area contributed by atoms with Crippen molar-refractivity contribution in [2.24, 2.45) is 0 Å². The highest BCUT2D eigenvalue weighted by Gasteiger charge is 2.30. The van der Waals surface area contributed by atoms with Gasteiger partial charge < -0.3 is 14.4 Å². The van der Waals surface area contributed by atoms with Crippen LogP contribution in [0.3, 0.4) is 0 Å². The molecular formula is C22H25N5O3. The molecular weight excluding hydrogens is 382 g/mol. The molecule has 1 aromatic carbocycles. The fraction of sp³-hybridized carbons (Fsp3) is 0.364. The Morgan fingerprint density at radius 3 is 2.73 bits per heavy atom. The van der Waals surface area contributed by atoms with E-state index in [1.165, 1.54) is 0 Å². The molecule has 0 aliphatic carbocycles. The average molecular weight is 407 g/mol. The van der Waals surface area contributed by atoms with Crippen LogP contribution in [0.4, 0.5) is 0 Å². The molecule has 1 N–H and O–H groups in total. The maximum Gasteiger partial charge on any atom is 0.274 e. The van der Waals surface area contributed by atoms with Crippen molar-refractivity contribution in [2.45, 2.75) is 25.7 Å². The second kappa shape index (κ2) is 8.94. The number of carbonyl (C=O) groups excluding carboxylic acids is 1. The maximum atomic E-state index is 12.6. The van der Waals surface area contributed by atoms with E-state index in [1.54, 1.807) is 19.5 Å². The van der Waals surface area contributed by atoms with E-state index in [-0.39, 0.29) is 11.8 Å². The smallest absolute Gasteiger partial charge is 0.274 e. The molecule has 4 rings (SSSR count). The van der Waals surface area contributed by atoms with Gasteiger partial charge in [-0.05, 0) is 43.7 Å². The number of aromatic nitrogens is 4. The zero-order valence-electron chi connectivity index (χ0n) is 17.2. The Hall–Kier alpha value is -3.42. The number of carbonyl (C=O) groups is 1. The normalized spacial score (nSPS) is 15.9. The third kappa shape index (κ3) is 4.59. The molecule has 2 aromatic heterocycles. The van der Waals surface area contributed by atoms with Crippen LogP contribution in [0, 0.1) is 6.92 Å². The van der Waals surface area contributed by atoms with Crippen LogP contribution >= 0.6 is 0 Å². The van der Waals surface area contributed by atoms with Crippen molar-refractivity contribution in [3.63, 3.8) is 0 Å². The van der Waals surface area contributed by atoms with Crippen molar-refractivity contribution in [1.82, 2.24) is 25.1 Å². The Kier molecular flexibility index (Phi) is 5.92. The zero-order chi connectivity index (χ0) is 20.9. The number of ether oxygens (including phenoxy) is 2. The molecule has 1 atom stereocenters. The van der Waals surface area contributed by atoms with Gasteiger partial charge in [0.1, 0.15) is 17.2 Å². The summed E-state index contributed by atoms with van der Waals surface area (Å²) in [6.45, 7) is 3.74. The lowest BCUT2D eigenvalue weighted by Crippen LogP contribution is -2.29. The van der Waals surface area contributed by atoms with E-state index < -0.39 is 0 Å². The summed E-state index contributed by atoms with van der Waals surface area (Å²) in [7, 11) is 1.64. The molecule has 3 heterocycles. The van der Waals surface area contributed by atoms with Crippen LogP contribution in [0.15, 0.2) is 42.7 Å². The summed E-state index contributed by atoms with van der Waals surface area (Å²) < 4.78 is 10.9. The lowest BCUT2D eigenvalue weighted by atomic mass is 10.0. The second-order valence-corrected chi connectivity index (χ2v) is 7.37. The molecule has 0 radical (unpaired) electrons. The van der Waals surface area contributed by atoms with E-state index in [2.05, 4.69) is 26.2 Å². The summed E-state index contributed by atoms with van der Waals surface area (Å²) in [6.07, 6.45) is 4.78. The van der Waals surface area contributed by atoms with Crippen LogP contribution < -0.4 is 9.47 Å². The zero-order valence-corrected chi connectivity index (χ0v) is 17.2. The molecule has 1 aliphatic heterocycles. The topological polar surface area (TPSA) is 93.2 Å². The molecule has 1 fully saturated rings. The molecule has 1 unspecified atom stereocenters. The van der Waals surface area contributed by atoms with E-state index >= 15 is 0 Å². The number of aromatic amines is 1. The summed E-state index contributed by atoms with van der Waals surface area (Å²) in [5.41, 5.74) is 3.19. The standard InChI is InChI=1S/C22H25N5O3/c1-15-12-24-21(13-23-15)22(28)27-9-7-16(14-27)20-11-17(25-26-20)8-10-30-19-5-3-18(29-2)4-6-19/h3-6,11-13,16H,7-10,14H2,1-2H3,(H,25,26). The van der Waals surface area contributed by atoms with E-state index in [1.807, 2.05) is 36.1 Å². The van der Waals surface area contributed by atoms with Gasteiger partial charge in [0.15, 0.2) is 0 Å². The van der Waals surface area contributed by atoms with E-state index in [0.29, 0.717) is 25.4 Å². The third-order valence-corrected chi connectivity index (χ3v) is 5.24. The predicted molar refractivity (Wildman–Crippen MR) is 111 cm³/mol. The second-order valence-electron chi connectivity index (χ2n) is 7.37. The Labute approximate surface area is 175 Å². The fourth-order valence-electron chi connectivity index (χ4n) is 3.52. The third-order valence-electron chi connectivity index (χ3n) is 5.24. The number of hydrogen-bond acceptors (Lipinski definition) is 6. The Morgan fingerprint density at radius 2 is 2.00 bits per heavy atom. The largest absolute Gasteiger partial charge is 0.497 e. The van der Waals surface area contributed by atoms with Gasteiger partial charge in [-0.3, -0.25) is 14.9 Å². The van der Waals surface area contributed by atoms with Gasteiger partial charge in [0.2, 0.25) is 0 Å². The van der Waals surface area contributed by atoms with Gasteiger partial charge in [-0.25, -0.2) is 4.98 Å². The monoisotopic (exact) mass is 407 g/mol. The van der Waals surface area contributed by atoms with Crippen LogP contribution in [-0.2, 0) is 6.42 Å². The van der Waals surface area contributed by atoms with Gasteiger partial charge in [0.05, 0.1) is 31.3 Å².